The van der Waals surface area contributed by atoms with Crippen molar-refractivity contribution in [2.45, 2.75) is 6.42 Å². The number of hydrogen-bond donors (Lipinski definition) is 0. The molecule has 0 bridgehead atoms. The van der Waals surface area contributed by atoms with Crippen LogP contribution in [0.5, 0.6) is 0 Å². The molecule has 0 atom stereocenters. The summed E-state index contributed by atoms with van der Waals surface area (Å²) in [4.78, 5) is 0. The zero-order valence-electron chi connectivity index (χ0n) is 4.93. The Bertz CT molecular complexity index is 52.5. The third-order valence-electron chi connectivity index (χ3n) is 0.669. The molecule has 8 heavy (non-hydrogen) atoms. The van der Waals surface area contributed by atoms with Crippen LogP contribution in [0.1, 0.15) is 6.42 Å². The lowest BCUT2D eigenvalue weighted by atomic mass is 10.5. The van der Waals surface area contributed by atoms with Crippen molar-refractivity contribution in [3.05, 3.63) is 12.7 Å². The second kappa shape index (κ2) is 6.66. The Morgan fingerprint density at radius 1 is 1.62 bits per heavy atom. The Morgan fingerprint density at radius 2 is 2.38 bits per heavy atom. The van der Waals surface area contributed by atoms with E-state index in [4.69, 9.17) is 4.74 Å². The number of hydrogen-bond acceptors (Lipinski definition) is 2. The zero-order chi connectivity index (χ0) is 6.24. The Hall–Kier alpha value is -0.340. The molecule has 0 spiro atoms. The Balaban J connectivity index is 2.62. The van der Waals surface area contributed by atoms with Crippen molar-refractivity contribution in [2.75, 3.05) is 19.8 Å². The highest BCUT2D eigenvalue weighted by atomic mass is 16.5. The van der Waals surface area contributed by atoms with E-state index < -0.39 is 0 Å². The van der Waals surface area contributed by atoms with Gasteiger partial charge in [0.05, 0.1) is 6.61 Å². The normalized spacial score (nSPS) is 9.12. The maximum atomic E-state index is 9.79. The van der Waals surface area contributed by atoms with Gasteiger partial charge in [0.2, 0.25) is 0 Å². The van der Waals surface area contributed by atoms with Crippen LogP contribution in [-0.4, -0.2) is 19.8 Å². The van der Waals surface area contributed by atoms with E-state index >= 15 is 0 Å². The molecule has 0 saturated heterocycles. The van der Waals surface area contributed by atoms with Crippen LogP contribution >= 0.6 is 0 Å². The molecule has 0 saturated carbocycles. The molecule has 0 aliphatic carbocycles. The standard InChI is InChI=1S/C6H11O2/c1-2-5-8-6-3-4-7/h2H,1,3-6H2/q-1. The van der Waals surface area contributed by atoms with Crippen molar-refractivity contribution >= 4 is 0 Å². The molecule has 0 unspecified atom stereocenters. The lowest BCUT2D eigenvalue weighted by Gasteiger charge is -2.01. The van der Waals surface area contributed by atoms with Gasteiger partial charge in [-0.1, -0.05) is 6.08 Å². The van der Waals surface area contributed by atoms with Crippen LogP contribution in [0.3, 0.4) is 0 Å². The molecule has 0 heterocycles. The largest absolute Gasteiger partial charge is 0.854 e. The minimum absolute atomic E-state index is 0.0445. The highest BCUT2D eigenvalue weighted by molar-refractivity contribution is 4.63. The van der Waals surface area contributed by atoms with Crippen LogP contribution in [-0.2, 0) is 4.74 Å². The smallest absolute Gasteiger partial charge is 0.0644 e. The number of rotatable bonds is 5. The van der Waals surface area contributed by atoms with Crippen LogP contribution in [0.25, 0.3) is 0 Å². The van der Waals surface area contributed by atoms with Gasteiger partial charge in [-0.25, -0.2) is 0 Å². The van der Waals surface area contributed by atoms with E-state index in [2.05, 4.69) is 6.58 Å². The van der Waals surface area contributed by atoms with Gasteiger partial charge in [-0.2, -0.15) is 0 Å². The van der Waals surface area contributed by atoms with Gasteiger partial charge in [0.15, 0.2) is 0 Å². The first-order chi connectivity index (χ1) is 3.91. The van der Waals surface area contributed by atoms with Crippen LogP contribution in [0.4, 0.5) is 0 Å². The van der Waals surface area contributed by atoms with Gasteiger partial charge >= 0.3 is 0 Å². The first-order valence-corrected chi connectivity index (χ1v) is 2.68. The molecule has 0 rings (SSSR count). The van der Waals surface area contributed by atoms with Gasteiger partial charge in [-0.15, -0.1) is 13.2 Å². The van der Waals surface area contributed by atoms with Crippen molar-refractivity contribution < 1.29 is 9.84 Å². The van der Waals surface area contributed by atoms with Crippen LogP contribution < -0.4 is 5.11 Å². The maximum absolute atomic E-state index is 9.79. The van der Waals surface area contributed by atoms with Gasteiger partial charge in [-0.05, 0) is 6.42 Å². The summed E-state index contributed by atoms with van der Waals surface area (Å²) in [5.74, 6) is 0. The third-order valence-corrected chi connectivity index (χ3v) is 0.669. The second-order valence-corrected chi connectivity index (χ2v) is 1.42. The first kappa shape index (κ1) is 7.66. The summed E-state index contributed by atoms with van der Waals surface area (Å²) in [6, 6.07) is 0. The number of ether oxygens (including phenoxy) is 1. The van der Waals surface area contributed by atoms with E-state index in [1.54, 1.807) is 6.08 Å². The van der Waals surface area contributed by atoms with E-state index in [0.717, 1.165) is 0 Å². The maximum Gasteiger partial charge on any atom is 0.0644 e. The average molecular weight is 115 g/mol. The molecule has 0 aromatic heterocycles. The van der Waals surface area contributed by atoms with Crippen LogP contribution in [0.15, 0.2) is 12.7 Å². The van der Waals surface area contributed by atoms with E-state index in [1.165, 1.54) is 0 Å². The molecule has 0 fully saturated rings. The molecule has 48 valence electrons. The van der Waals surface area contributed by atoms with E-state index in [1.807, 2.05) is 0 Å². The zero-order valence-corrected chi connectivity index (χ0v) is 4.93. The molecule has 0 aromatic carbocycles. The summed E-state index contributed by atoms with van der Waals surface area (Å²) >= 11 is 0. The fourth-order valence-electron chi connectivity index (χ4n) is 0.328. The lowest BCUT2D eigenvalue weighted by Crippen LogP contribution is -2.08. The Kier molecular flexibility index (Phi) is 6.38. The third kappa shape index (κ3) is 5.66. The summed E-state index contributed by atoms with van der Waals surface area (Å²) in [5, 5.41) is 9.79. The fraction of sp³-hybridized carbons (Fsp3) is 0.667. The molecule has 0 amide bonds. The first-order valence-electron chi connectivity index (χ1n) is 2.68. The lowest BCUT2D eigenvalue weighted by molar-refractivity contribution is -0.369. The minimum atomic E-state index is -0.0445. The minimum Gasteiger partial charge on any atom is -0.854 e. The summed E-state index contributed by atoms with van der Waals surface area (Å²) < 4.78 is 4.91. The molecular formula is C6H11O2-. The van der Waals surface area contributed by atoms with Gasteiger partial charge < -0.3 is 9.84 Å². The molecule has 2 heteroatoms. The fourth-order valence-corrected chi connectivity index (χ4v) is 0.328. The molecule has 0 radical (unpaired) electrons. The van der Waals surface area contributed by atoms with Crippen molar-refractivity contribution in [3.63, 3.8) is 0 Å². The molecular weight excluding hydrogens is 104 g/mol. The van der Waals surface area contributed by atoms with Crippen molar-refractivity contribution in [3.8, 4) is 0 Å². The highest BCUT2D eigenvalue weighted by Gasteiger charge is 1.76. The van der Waals surface area contributed by atoms with E-state index in [9.17, 15) is 5.11 Å². The predicted octanol–water partition coefficient (Wildman–Crippen LogP) is -0.0606. The Morgan fingerprint density at radius 3 is 2.88 bits per heavy atom. The van der Waals surface area contributed by atoms with Gasteiger partial charge in [0.1, 0.15) is 0 Å². The summed E-state index contributed by atoms with van der Waals surface area (Å²) in [6.07, 6.45) is 2.28. The van der Waals surface area contributed by atoms with Gasteiger partial charge in [0, 0.05) is 6.61 Å². The Labute approximate surface area is 49.8 Å². The van der Waals surface area contributed by atoms with Crippen LogP contribution in [0.2, 0.25) is 0 Å². The molecule has 0 aliphatic heterocycles. The predicted molar refractivity (Wildman–Crippen MR) is 30.5 cm³/mol. The van der Waals surface area contributed by atoms with Gasteiger partial charge in [-0.3, -0.25) is 0 Å². The van der Waals surface area contributed by atoms with Crippen LogP contribution in [0, 0.1) is 0 Å². The van der Waals surface area contributed by atoms with Crippen molar-refractivity contribution in [2.24, 2.45) is 0 Å². The van der Waals surface area contributed by atoms with Crippen molar-refractivity contribution in [1.82, 2.24) is 0 Å². The second-order valence-electron chi connectivity index (χ2n) is 1.42. The SMILES string of the molecule is C=CCOCCC[O-]. The summed E-state index contributed by atoms with van der Waals surface area (Å²) in [6.45, 7) is 4.53. The summed E-state index contributed by atoms with van der Waals surface area (Å²) in [7, 11) is 0. The quantitative estimate of drug-likeness (QED) is 0.371. The summed E-state index contributed by atoms with van der Waals surface area (Å²) in [5.41, 5.74) is 0. The van der Waals surface area contributed by atoms with E-state index in [-0.39, 0.29) is 6.61 Å². The van der Waals surface area contributed by atoms with Gasteiger partial charge in [0.25, 0.3) is 0 Å². The monoisotopic (exact) mass is 115 g/mol. The van der Waals surface area contributed by atoms with Crippen molar-refractivity contribution in [1.29, 1.82) is 0 Å². The molecule has 0 N–H and O–H groups in total. The molecule has 0 aromatic rings. The van der Waals surface area contributed by atoms with E-state index in [0.29, 0.717) is 19.6 Å². The average Bonchev–Trinajstić information content (AvgIpc) is 1.81. The molecule has 0 aliphatic rings. The molecule has 2 nitrogen and oxygen atoms in total. The topological polar surface area (TPSA) is 32.3 Å². The highest BCUT2D eigenvalue weighted by Crippen LogP contribution is 1.77.